The van der Waals surface area contributed by atoms with Crippen molar-refractivity contribution in [2.75, 3.05) is 18.0 Å². The monoisotopic (exact) mass is 199 g/mol. The zero-order valence-corrected chi connectivity index (χ0v) is 8.62. The molecule has 0 unspecified atom stereocenters. The Hall–Kier alpha value is -0.680. The van der Waals surface area contributed by atoms with Crippen LogP contribution in [0.4, 0.5) is 5.00 Å². The van der Waals surface area contributed by atoms with E-state index in [1.165, 1.54) is 11.5 Å². The Morgan fingerprint density at radius 3 is 2.69 bits per heavy atom. The van der Waals surface area contributed by atoms with Gasteiger partial charge in [0, 0.05) is 24.6 Å². The normalized spacial score (nSPS) is 29.2. The van der Waals surface area contributed by atoms with Gasteiger partial charge in [-0.05, 0) is 13.8 Å². The summed E-state index contributed by atoms with van der Waals surface area (Å²) < 4.78 is 9.49. The van der Waals surface area contributed by atoms with E-state index in [2.05, 4.69) is 28.3 Å². The van der Waals surface area contributed by atoms with Crippen LogP contribution in [0.5, 0.6) is 0 Å². The molecule has 1 saturated heterocycles. The van der Waals surface area contributed by atoms with Crippen molar-refractivity contribution >= 4 is 16.5 Å². The van der Waals surface area contributed by atoms with Gasteiger partial charge in [0.25, 0.3) is 0 Å². The number of hydrogen-bond acceptors (Lipinski definition) is 5. The van der Waals surface area contributed by atoms with Crippen molar-refractivity contribution in [3.05, 3.63) is 6.20 Å². The van der Waals surface area contributed by atoms with E-state index in [4.69, 9.17) is 4.74 Å². The van der Waals surface area contributed by atoms with Crippen LogP contribution in [0.1, 0.15) is 13.8 Å². The van der Waals surface area contributed by atoms with E-state index in [1.807, 2.05) is 6.20 Å². The van der Waals surface area contributed by atoms with Crippen LogP contribution in [0, 0.1) is 0 Å². The molecule has 0 aliphatic carbocycles. The van der Waals surface area contributed by atoms with E-state index in [1.54, 1.807) is 0 Å². The molecule has 1 aliphatic rings. The maximum Gasteiger partial charge on any atom is 0.132 e. The maximum atomic E-state index is 5.64. The number of morpholine rings is 1. The molecule has 13 heavy (non-hydrogen) atoms. The number of anilines is 1. The molecule has 0 aromatic carbocycles. The number of ether oxygens (including phenoxy) is 1. The van der Waals surface area contributed by atoms with E-state index in [0.717, 1.165) is 18.1 Å². The Kier molecular flexibility index (Phi) is 2.46. The molecule has 0 amide bonds. The molecule has 0 bridgehead atoms. The third-order valence-electron chi connectivity index (χ3n) is 2.08. The summed E-state index contributed by atoms with van der Waals surface area (Å²) in [5.41, 5.74) is 0. The second-order valence-corrected chi connectivity index (χ2v) is 4.18. The second-order valence-electron chi connectivity index (χ2n) is 3.42. The molecule has 1 aliphatic heterocycles. The molecule has 0 saturated carbocycles. The summed E-state index contributed by atoms with van der Waals surface area (Å²) in [7, 11) is 0. The van der Waals surface area contributed by atoms with Crippen molar-refractivity contribution in [2.24, 2.45) is 0 Å². The molecule has 2 heterocycles. The lowest BCUT2D eigenvalue weighted by Gasteiger charge is -2.35. The molecule has 2 rings (SSSR count). The fraction of sp³-hybridized carbons (Fsp3) is 0.750. The highest BCUT2D eigenvalue weighted by molar-refractivity contribution is 7.09. The van der Waals surface area contributed by atoms with Gasteiger partial charge >= 0.3 is 0 Å². The molecule has 0 spiro atoms. The first kappa shape index (κ1) is 8.90. The van der Waals surface area contributed by atoms with Gasteiger partial charge in [-0.25, -0.2) is 0 Å². The van der Waals surface area contributed by atoms with Gasteiger partial charge in [-0.2, -0.15) is 0 Å². The smallest absolute Gasteiger partial charge is 0.132 e. The summed E-state index contributed by atoms with van der Waals surface area (Å²) in [6.45, 7) is 6.07. The van der Waals surface area contributed by atoms with Crippen molar-refractivity contribution < 1.29 is 4.74 Å². The molecule has 1 fully saturated rings. The van der Waals surface area contributed by atoms with Gasteiger partial charge < -0.3 is 9.64 Å². The van der Waals surface area contributed by atoms with Gasteiger partial charge in [0.2, 0.25) is 0 Å². The van der Waals surface area contributed by atoms with Crippen molar-refractivity contribution in [3.8, 4) is 0 Å². The first-order valence-corrected chi connectivity index (χ1v) is 5.21. The Labute approximate surface area is 81.7 Å². The third kappa shape index (κ3) is 1.97. The van der Waals surface area contributed by atoms with Crippen molar-refractivity contribution in [1.29, 1.82) is 0 Å². The molecule has 0 N–H and O–H groups in total. The average Bonchev–Trinajstić information content (AvgIpc) is 2.53. The van der Waals surface area contributed by atoms with Crippen LogP contribution >= 0.6 is 11.5 Å². The van der Waals surface area contributed by atoms with Crippen LogP contribution in [0.15, 0.2) is 6.20 Å². The largest absolute Gasteiger partial charge is 0.372 e. The molecule has 0 radical (unpaired) electrons. The van der Waals surface area contributed by atoms with Gasteiger partial charge in [-0.15, -0.1) is 5.10 Å². The molecule has 1 aromatic rings. The van der Waals surface area contributed by atoms with Gasteiger partial charge in [0.1, 0.15) is 5.00 Å². The maximum absolute atomic E-state index is 5.64. The van der Waals surface area contributed by atoms with Crippen LogP contribution in [0.25, 0.3) is 0 Å². The molecular formula is C8H13N3OS. The number of aromatic nitrogens is 2. The highest BCUT2D eigenvalue weighted by Gasteiger charge is 2.23. The fourth-order valence-electron chi connectivity index (χ4n) is 1.66. The van der Waals surface area contributed by atoms with Crippen LogP contribution in [0.3, 0.4) is 0 Å². The SMILES string of the molecule is C[C@@H]1CN(c2cnns2)C[C@@H](C)O1. The number of hydrogen-bond donors (Lipinski definition) is 0. The van der Waals surface area contributed by atoms with Crippen LogP contribution in [0.2, 0.25) is 0 Å². The lowest BCUT2D eigenvalue weighted by molar-refractivity contribution is -0.00501. The molecule has 4 nitrogen and oxygen atoms in total. The summed E-state index contributed by atoms with van der Waals surface area (Å²) in [5, 5.41) is 4.97. The fourth-order valence-corrected chi connectivity index (χ4v) is 2.20. The van der Waals surface area contributed by atoms with E-state index < -0.39 is 0 Å². The number of rotatable bonds is 1. The quantitative estimate of drug-likeness (QED) is 0.680. The highest BCUT2D eigenvalue weighted by atomic mass is 32.1. The van der Waals surface area contributed by atoms with E-state index in [-0.39, 0.29) is 0 Å². The van der Waals surface area contributed by atoms with Crippen molar-refractivity contribution in [2.45, 2.75) is 26.1 Å². The first-order valence-electron chi connectivity index (χ1n) is 4.43. The second kappa shape index (κ2) is 3.59. The zero-order chi connectivity index (χ0) is 9.26. The summed E-state index contributed by atoms with van der Waals surface area (Å²) in [4.78, 5) is 2.28. The summed E-state index contributed by atoms with van der Waals surface area (Å²) in [5.74, 6) is 0. The van der Waals surface area contributed by atoms with Gasteiger partial charge in [0.05, 0.1) is 18.4 Å². The van der Waals surface area contributed by atoms with Crippen molar-refractivity contribution in [1.82, 2.24) is 9.59 Å². The molecule has 1 aromatic heterocycles. The lowest BCUT2D eigenvalue weighted by Crippen LogP contribution is -2.45. The standard InChI is InChI=1S/C8H13N3OS/c1-6-4-11(5-7(2)12-6)8-3-9-10-13-8/h3,6-7H,4-5H2,1-2H3/t6-,7-/m1/s1. The topological polar surface area (TPSA) is 38.2 Å². The zero-order valence-electron chi connectivity index (χ0n) is 7.80. The predicted octanol–water partition coefficient (Wildman–Crippen LogP) is 1.15. The Bertz CT molecular complexity index is 254. The first-order chi connectivity index (χ1) is 6.25. The van der Waals surface area contributed by atoms with Gasteiger partial charge in [-0.1, -0.05) is 4.49 Å². The van der Waals surface area contributed by atoms with E-state index in [0.29, 0.717) is 12.2 Å². The molecular weight excluding hydrogens is 186 g/mol. The summed E-state index contributed by atoms with van der Waals surface area (Å²) in [6.07, 6.45) is 2.41. The van der Waals surface area contributed by atoms with Gasteiger partial charge in [0.15, 0.2) is 0 Å². The van der Waals surface area contributed by atoms with Crippen LogP contribution < -0.4 is 4.90 Å². The van der Waals surface area contributed by atoms with E-state index >= 15 is 0 Å². The summed E-state index contributed by atoms with van der Waals surface area (Å²) in [6, 6.07) is 0. The Morgan fingerprint density at radius 1 is 1.46 bits per heavy atom. The minimum Gasteiger partial charge on any atom is -0.372 e. The van der Waals surface area contributed by atoms with Gasteiger partial charge in [-0.3, -0.25) is 0 Å². The minimum atomic E-state index is 0.297. The van der Waals surface area contributed by atoms with Crippen molar-refractivity contribution in [3.63, 3.8) is 0 Å². The van der Waals surface area contributed by atoms with Crippen LogP contribution in [-0.2, 0) is 4.74 Å². The Balaban J connectivity index is 2.07. The molecule has 72 valence electrons. The molecule has 2 atom stereocenters. The average molecular weight is 199 g/mol. The molecule has 5 heteroatoms. The van der Waals surface area contributed by atoms with E-state index in [9.17, 15) is 0 Å². The number of nitrogens with zero attached hydrogens (tertiary/aromatic N) is 3. The Morgan fingerprint density at radius 2 is 2.15 bits per heavy atom. The minimum absolute atomic E-state index is 0.297. The lowest BCUT2D eigenvalue weighted by atomic mass is 10.2. The summed E-state index contributed by atoms with van der Waals surface area (Å²) >= 11 is 1.44. The highest BCUT2D eigenvalue weighted by Crippen LogP contribution is 2.21. The van der Waals surface area contributed by atoms with Crippen LogP contribution in [-0.4, -0.2) is 34.9 Å². The third-order valence-corrected chi connectivity index (χ3v) is 2.81. The predicted molar refractivity (Wildman–Crippen MR) is 52.1 cm³/mol.